The molecule has 0 saturated carbocycles. The first-order valence-electron chi connectivity index (χ1n) is 8.47. The van der Waals surface area contributed by atoms with E-state index >= 15 is 0 Å². The quantitative estimate of drug-likeness (QED) is 0.780. The molecule has 0 bridgehead atoms. The smallest absolute Gasteiger partial charge is 0.127 e. The molecule has 2 atom stereocenters. The number of nitrogens with one attached hydrogen (secondary N) is 1. The Bertz CT molecular complexity index is 691. The maximum Gasteiger partial charge on any atom is 0.127 e. The van der Waals surface area contributed by atoms with Crippen LogP contribution in [0.5, 0.6) is 11.5 Å². The van der Waals surface area contributed by atoms with Crippen LogP contribution in [0.3, 0.4) is 0 Å². The third kappa shape index (κ3) is 3.82. The molecule has 4 heteroatoms. The molecular weight excluding hydrogens is 366 g/mol. The van der Waals surface area contributed by atoms with Crippen molar-refractivity contribution in [3.05, 3.63) is 58.1 Å². The molecule has 2 aromatic carbocycles. The van der Waals surface area contributed by atoms with Crippen LogP contribution in [0.25, 0.3) is 0 Å². The van der Waals surface area contributed by atoms with Gasteiger partial charge in [0.25, 0.3) is 0 Å². The number of rotatable bonds is 4. The van der Waals surface area contributed by atoms with Crippen molar-refractivity contribution < 1.29 is 9.84 Å². The van der Waals surface area contributed by atoms with Crippen molar-refractivity contribution in [3.8, 4) is 11.5 Å². The van der Waals surface area contributed by atoms with Gasteiger partial charge in [0, 0.05) is 10.5 Å². The lowest BCUT2D eigenvalue weighted by Crippen LogP contribution is -2.49. The summed E-state index contributed by atoms with van der Waals surface area (Å²) in [7, 11) is 0. The number of benzene rings is 2. The van der Waals surface area contributed by atoms with Gasteiger partial charge in [-0.15, -0.1) is 0 Å². The second-order valence-electron chi connectivity index (χ2n) is 6.68. The zero-order chi connectivity index (χ0) is 17.2. The lowest BCUT2D eigenvalue weighted by atomic mass is 9.82. The molecule has 1 heterocycles. The standard InChI is InChI=1S/C20H24BrNO2/c1-14-13-17(24-16-8-6-15(21)7-9-16)10-11-18(14)20(2,23)19-5-3-4-12-22-19/h6-11,13,19,22-23H,3-5,12H2,1-2H3. The van der Waals surface area contributed by atoms with Crippen molar-refractivity contribution in [1.82, 2.24) is 5.32 Å². The fourth-order valence-electron chi connectivity index (χ4n) is 3.43. The van der Waals surface area contributed by atoms with Crippen molar-refractivity contribution in [2.24, 2.45) is 0 Å². The first-order chi connectivity index (χ1) is 11.5. The Morgan fingerprint density at radius 3 is 2.46 bits per heavy atom. The fourth-order valence-corrected chi connectivity index (χ4v) is 3.69. The number of hydrogen-bond acceptors (Lipinski definition) is 3. The van der Waals surface area contributed by atoms with E-state index in [2.05, 4.69) is 21.2 Å². The number of piperidine rings is 1. The Hall–Kier alpha value is -1.36. The molecule has 2 aromatic rings. The van der Waals surface area contributed by atoms with Crippen LogP contribution in [0.2, 0.25) is 0 Å². The average molecular weight is 390 g/mol. The number of halogens is 1. The first kappa shape index (κ1) is 17.5. The van der Waals surface area contributed by atoms with Crippen molar-refractivity contribution in [3.63, 3.8) is 0 Å². The Morgan fingerprint density at radius 2 is 1.83 bits per heavy atom. The summed E-state index contributed by atoms with van der Waals surface area (Å²) in [6.45, 7) is 4.92. The summed E-state index contributed by atoms with van der Waals surface area (Å²) in [6, 6.07) is 13.8. The molecule has 0 aliphatic carbocycles. The zero-order valence-electron chi connectivity index (χ0n) is 14.2. The molecule has 3 rings (SSSR count). The SMILES string of the molecule is Cc1cc(Oc2ccc(Br)cc2)ccc1C(C)(O)C1CCCCN1. The molecule has 1 aliphatic rings. The molecule has 2 N–H and O–H groups in total. The van der Waals surface area contributed by atoms with Gasteiger partial charge in [-0.05, 0) is 80.8 Å². The topological polar surface area (TPSA) is 41.5 Å². The van der Waals surface area contributed by atoms with E-state index in [4.69, 9.17) is 4.74 Å². The highest BCUT2D eigenvalue weighted by Crippen LogP contribution is 2.34. The second kappa shape index (κ2) is 7.26. The Balaban J connectivity index is 1.80. The van der Waals surface area contributed by atoms with Gasteiger partial charge in [-0.2, -0.15) is 0 Å². The lowest BCUT2D eigenvalue weighted by Gasteiger charge is -2.37. The van der Waals surface area contributed by atoms with E-state index in [0.29, 0.717) is 0 Å². The molecule has 0 radical (unpaired) electrons. The van der Waals surface area contributed by atoms with Gasteiger partial charge in [-0.3, -0.25) is 0 Å². The molecule has 2 unspecified atom stereocenters. The number of hydrogen-bond donors (Lipinski definition) is 2. The maximum absolute atomic E-state index is 11.1. The molecule has 1 saturated heterocycles. The monoisotopic (exact) mass is 389 g/mol. The lowest BCUT2D eigenvalue weighted by molar-refractivity contribution is 0.00512. The summed E-state index contributed by atoms with van der Waals surface area (Å²) in [5, 5.41) is 14.6. The van der Waals surface area contributed by atoms with E-state index in [0.717, 1.165) is 46.5 Å². The minimum atomic E-state index is -0.874. The predicted octanol–water partition coefficient (Wildman–Crippen LogP) is 4.90. The van der Waals surface area contributed by atoms with Crippen LogP contribution in [0.15, 0.2) is 46.9 Å². The Labute approximate surface area is 152 Å². The third-order valence-corrected chi connectivity index (χ3v) is 5.31. The molecule has 0 spiro atoms. The highest BCUT2D eigenvalue weighted by Gasteiger charge is 2.35. The Kier molecular flexibility index (Phi) is 5.28. The summed E-state index contributed by atoms with van der Waals surface area (Å²) in [5.41, 5.74) is 1.13. The summed E-state index contributed by atoms with van der Waals surface area (Å²) >= 11 is 3.42. The van der Waals surface area contributed by atoms with Crippen molar-refractivity contribution >= 4 is 15.9 Å². The van der Waals surface area contributed by atoms with E-state index in [1.807, 2.05) is 56.3 Å². The molecule has 0 aromatic heterocycles. The van der Waals surface area contributed by atoms with Gasteiger partial charge in [0.15, 0.2) is 0 Å². The van der Waals surface area contributed by atoms with Gasteiger partial charge in [0.1, 0.15) is 17.1 Å². The summed E-state index contributed by atoms with van der Waals surface area (Å²) < 4.78 is 6.93. The van der Waals surface area contributed by atoms with Gasteiger partial charge in [0.2, 0.25) is 0 Å². The van der Waals surface area contributed by atoms with Crippen LogP contribution >= 0.6 is 15.9 Å². The minimum absolute atomic E-state index is 0.100. The molecule has 3 nitrogen and oxygen atoms in total. The highest BCUT2D eigenvalue weighted by molar-refractivity contribution is 9.10. The number of aryl methyl sites for hydroxylation is 1. The van der Waals surface area contributed by atoms with Gasteiger partial charge in [0.05, 0.1) is 0 Å². The molecule has 1 aliphatic heterocycles. The van der Waals surface area contributed by atoms with Crippen molar-refractivity contribution in [2.45, 2.75) is 44.8 Å². The zero-order valence-corrected chi connectivity index (χ0v) is 15.8. The number of aliphatic hydroxyl groups is 1. The van der Waals surface area contributed by atoms with E-state index in [1.54, 1.807) is 0 Å². The predicted molar refractivity (Wildman–Crippen MR) is 101 cm³/mol. The van der Waals surface area contributed by atoms with Crippen LogP contribution in [0.4, 0.5) is 0 Å². The fraction of sp³-hybridized carbons (Fsp3) is 0.400. The van der Waals surface area contributed by atoms with Gasteiger partial charge in [-0.1, -0.05) is 28.4 Å². The third-order valence-electron chi connectivity index (χ3n) is 4.78. The molecule has 0 amide bonds. The van der Waals surface area contributed by atoms with E-state index in [-0.39, 0.29) is 6.04 Å². The first-order valence-corrected chi connectivity index (χ1v) is 9.26. The largest absolute Gasteiger partial charge is 0.457 e. The van der Waals surface area contributed by atoms with Crippen molar-refractivity contribution in [2.75, 3.05) is 6.54 Å². The van der Waals surface area contributed by atoms with Crippen LogP contribution in [0.1, 0.15) is 37.3 Å². The maximum atomic E-state index is 11.1. The van der Waals surface area contributed by atoms with Gasteiger partial charge >= 0.3 is 0 Å². The molecule has 128 valence electrons. The second-order valence-corrected chi connectivity index (χ2v) is 7.60. The summed E-state index contributed by atoms with van der Waals surface area (Å²) in [5.74, 6) is 1.58. The van der Waals surface area contributed by atoms with Gasteiger partial charge in [-0.25, -0.2) is 0 Å². The van der Waals surface area contributed by atoms with Crippen LogP contribution in [-0.4, -0.2) is 17.7 Å². The van der Waals surface area contributed by atoms with E-state index in [1.165, 1.54) is 6.42 Å². The number of ether oxygens (including phenoxy) is 1. The molecular formula is C20H24BrNO2. The normalized spacial score (nSPS) is 20.4. The van der Waals surface area contributed by atoms with E-state index < -0.39 is 5.60 Å². The molecule has 1 fully saturated rings. The molecule has 24 heavy (non-hydrogen) atoms. The minimum Gasteiger partial charge on any atom is -0.457 e. The summed E-state index contributed by atoms with van der Waals surface area (Å²) in [6.07, 6.45) is 3.35. The van der Waals surface area contributed by atoms with Crippen LogP contribution < -0.4 is 10.1 Å². The van der Waals surface area contributed by atoms with Crippen LogP contribution in [0, 0.1) is 6.92 Å². The Morgan fingerprint density at radius 1 is 1.12 bits per heavy atom. The van der Waals surface area contributed by atoms with Crippen molar-refractivity contribution in [1.29, 1.82) is 0 Å². The van der Waals surface area contributed by atoms with Gasteiger partial charge < -0.3 is 15.2 Å². The average Bonchev–Trinajstić information content (AvgIpc) is 2.58. The summed E-state index contributed by atoms with van der Waals surface area (Å²) in [4.78, 5) is 0. The van der Waals surface area contributed by atoms with Crippen LogP contribution in [-0.2, 0) is 5.60 Å². The highest BCUT2D eigenvalue weighted by atomic mass is 79.9. The van der Waals surface area contributed by atoms with E-state index in [9.17, 15) is 5.11 Å².